The largest absolute Gasteiger partial charge is 0.508 e. The predicted molar refractivity (Wildman–Crippen MR) is 114 cm³/mol. The summed E-state index contributed by atoms with van der Waals surface area (Å²) in [5, 5.41) is 9.93. The van der Waals surface area contributed by atoms with E-state index in [0.29, 0.717) is 5.69 Å². The summed E-state index contributed by atoms with van der Waals surface area (Å²) in [5.41, 5.74) is 7.11. The molecule has 0 unspecified atom stereocenters. The van der Waals surface area contributed by atoms with E-state index < -0.39 is 10.0 Å². The van der Waals surface area contributed by atoms with E-state index in [2.05, 4.69) is 22.9 Å². The highest BCUT2D eigenvalue weighted by Crippen LogP contribution is 2.36. The predicted octanol–water partition coefficient (Wildman–Crippen LogP) is 4.45. The van der Waals surface area contributed by atoms with Gasteiger partial charge in [-0.3, -0.25) is 4.72 Å². The second-order valence-corrected chi connectivity index (χ2v) is 8.80. The van der Waals surface area contributed by atoms with Gasteiger partial charge >= 0.3 is 0 Å². The van der Waals surface area contributed by atoms with Crippen LogP contribution in [0.25, 0.3) is 11.6 Å². The highest BCUT2D eigenvalue weighted by atomic mass is 32.2. The Morgan fingerprint density at radius 3 is 2.46 bits per heavy atom. The summed E-state index contributed by atoms with van der Waals surface area (Å²) in [6.07, 6.45) is 4.98. The lowest BCUT2D eigenvalue weighted by molar-refractivity contribution is 0.474. The lowest BCUT2D eigenvalue weighted by Crippen LogP contribution is -2.09. The molecule has 3 aromatic rings. The molecule has 0 fully saturated rings. The van der Waals surface area contributed by atoms with Gasteiger partial charge in [-0.15, -0.1) is 0 Å². The van der Waals surface area contributed by atoms with Crippen LogP contribution in [0.15, 0.2) is 66.7 Å². The van der Waals surface area contributed by atoms with Crippen molar-refractivity contribution in [2.45, 2.75) is 12.8 Å². The molecule has 5 heteroatoms. The molecule has 1 aliphatic carbocycles. The summed E-state index contributed by atoms with van der Waals surface area (Å²) in [4.78, 5) is 0. The molecule has 142 valence electrons. The monoisotopic (exact) mass is 391 g/mol. The minimum atomic E-state index is -3.33. The molecule has 0 heterocycles. The van der Waals surface area contributed by atoms with Gasteiger partial charge in [0.1, 0.15) is 5.75 Å². The van der Waals surface area contributed by atoms with Crippen LogP contribution < -0.4 is 4.72 Å². The first-order valence-corrected chi connectivity index (χ1v) is 11.0. The average Bonchev–Trinajstić information content (AvgIpc) is 2.78. The number of nitrogens with one attached hydrogen (secondary N) is 1. The molecule has 0 amide bonds. The summed E-state index contributed by atoms with van der Waals surface area (Å²) >= 11 is 0. The minimum absolute atomic E-state index is 0.267. The Labute approximate surface area is 165 Å². The number of anilines is 1. The highest BCUT2D eigenvalue weighted by Gasteiger charge is 2.18. The van der Waals surface area contributed by atoms with Gasteiger partial charge in [0.15, 0.2) is 0 Å². The van der Waals surface area contributed by atoms with E-state index in [1.54, 1.807) is 12.1 Å². The molecule has 0 aromatic heterocycles. The Morgan fingerprint density at radius 1 is 0.893 bits per heavy atom. The van der Waals surface area contributed by atoms with Gasteiger partial charge in [0.05, 0.1) is 6.26 Å². The molecule has 28 heavy (non-hydrogen) atoms. The fourth-order valence-corrected chi connectivity index (χ4v) is 4.25. The summed E-state index contributed by atoms with van der Waals surface area (Å²) in [6.45, 7) is 0. The van der Waals surface area contributed by atoms with Crippen molar-refractivity contribution in [3.05, 3.63) is 94.5 Å². The first kappa shape index (κ1) is 18.3. The topological polar surface area (TPSA) is 66.4 Å². The van der Waals surface area contributed by atoms with Crippen molar-refractivity contribution in [1.82, 2.24) is 0 Å². The number of aromatic hydroxyl groups is 1. The van der Waals surface area contributed by atoms with Gasteiger partial charge in [0.2, 0.25) is 10.0 Å². The van der Waals surface area contributed by atoms with Gasteiger partial charge in [-0.25, -0.2) is 8.42 Å². The second kappa shape index (κ2) is 7.17. The van der Waals surface area contributed by atoms with E-state index in [0.717, 1.165) is 46.9 Å². The highest BCUT2D eigenvalue weighted by molar-refractivity contribution is 7.92. The Hall–Kier alpha value is -3.05. The molecule has 0 saturated heterocycles. The molecular weight excluding hydrogens is 370 g/mol. The summed E-state index contributed by atoms with van der Waals surface area (Å²) in [5.74, 6) is 0.267. The molecule has 1 aliphatic rings. The lowest BCUT2D eigenvalue weighted by atomic mass is 9.92. The molecule has 0 bridgehead atoms. The van der Waals surface area contributed by atoms with Crippen LogP contribution in [-0.2, 0) is 22.9 Å². The molecule has 0 atom stereocenters. The van der Waals surface area contributed by atoms with Crippen molar-refractivity contribution in [1.29, 1.82) is 0 Å². The molecule has 4 nitrogen and oxygen atoms in total. The molecule has 2 N–H and O–H groups in total. The van der Waals surface area contributed by atoms with Crippen LogP contribution in [0, 0.1) is 0 Å². The first-order chi connectivity index (χ1) is 13.4. The number of aryl methyl sites for hydroxylation is 2. The van der Waals surface area contributed by atoms with Crippen LogP contribution in [0.1, 0.15) is 27.8 Å². The molecule has 0 spiro atoms. The van der Waals surface area contributed by atoms with Crippen LogP contribution in [0.2, 0.25) is 0 Å². The van der Waals surface area contributed by atoms with E-state index >= 15 is 0 Å². The number of hydrogen-bond donors (Lipinski definition) is 2. The number of phenolic OH excluding ortho intramolecular Hbond substituents is 1. The van der Waals surface area contributed by atoms with Crippen molar-refractivity contribution in [3.63, 3.8) is 0 Å². The SMILES string of the molecule is CS(=O)(=O)Nc1cccc(/C=C2\c3ccccc3CCc3cc(O)ccc32)c1. The maximum Gasteiger partial charge on any atom is 0.229 e. The van der Waals surface area contributed by atoms with E-state index in [1.807, 2.05) is 42.5 Å². The second-order valence-electron chi connectivity index (χ2n) is 7.06. The standard InChI is InChI=1S/C23H21NO3S/c1-28(26,27)24-19-7-4-5-16(13-19)14-23-21-8-3-2-6-17(21)9-10-18-15-20(25)11-12-22(18)23/h2-8,11-15,24-25H,9-10H2,1H3/b23-14+. The maximum atomic E-state index is 11.6. The van der Waals surface area contributed by atoms with Crippen LogP contribution >= 0.6 is 0 Å². The average molecular weight is 391 g/mol. The van der Waals surface area contributed by atoms with Crippen molar-refractivity contribution in [2.24, 2.45) is 0 Å². The summed E-state index contributed by atoms with van der Waals surface area (Å²) in [7, 11) is -3.33. The Kier molecular flexibility index (Phi) is 4.69. The van der Waals surface area contributed by atoms with Crippen molar-refractivity contribution < 1.29 is 13.5 Å². The van der Waals surface area contributed by atoms with Gasteiger partial charge in [0.25, 0.3) is 0 Å². The van der Waals surface area contributed by atoms with E-state index in [4.69, 9.17) is 0 Å². The zero-order valence-electron chi connectivity index (χ0n) is 15.5. The quantitative estimate of drug-likeness (QED) is 0.693. The third-order valence-electron chi connectivity index (χ3n) is 4.85. The Balaban J connectivity index is 1.88. The van der Waals surface area contributed by atoms with Gasteiger partial charge in [0, 0.05) is 5.69 Å². The fraction of sp³-hybridized carbons (Fsp3) is 0.130. The molecule has 0 saturated carbocycles. The van der Waals surface area contributed by atoms with Crippen LogP contribution in [-0.4, -0.2) is 19.8 Å². The molecule has 4 rings (SSSR count). The number of phenols is 1. The summed E-state index contributed by atoms with van der Waals surface area (Å²) in [6, 6.07) is 21.2. The molecule has 3 aromatic carbocycles. The van der Waals surface area contributed by atoms with E-state index in [9.17, 15) is 13.5 Å². The van der Waals surface area contributed by atoms with Crippen LogP contribution in [0.4, 0.5) is 5.69 Å². The smallest absolute Gasteiger partial charge is 0.229 e. The number of hydrogen-bond acceptors (Lipinski definition) is 3. The first-order valence-electron chi connectivity index (χ1n) is 9.09. The van der Waals surface area contributed by atoms with Crippen molar-refractivity contribution in [2.75, 3.05) is 11.0 Å². The van der Waals surface area contributed by atoms with Gasteiger partial charge in [-0.2, -0.15) is 0 Å². The number of fused-ring (bicyclic) bond motifs is 2. The van der Waals surface area contributed by atoms with Crippen LogP contribution in [0.3, 0.4) is 0 Å². The van der Waals surface area contributed by atoms with Crippen LogP contribution in [0.5, 0.6) is 5.75 Å². The van der Waals surface area contributed by atoms with Crippen molar-refractivity contribution >= 4 is 27.4 Å². The lowest BCUT2D eigenvalue weighted by Gasteiger charge is -2.13. The normalized spacial score (nSPS) is 14.8. The minimum Gasteiger partial charge on any atom is -0.508 e. The number of sulfonamides is 1. The maximum absolute atomic E-state index is 11.6. The zero-order valence-corrected chi connectivity index (χ0v) is 16.3. The van der Waals surface area contributed by atoms with Gasteiger partial charge < -0.3 is 5.11 Å². The van der Waals surface area contributed by atoms with Crippen molar-refractivity contribution in [3.8, 4) is 5.75 Å². The zero-order chi connectivity index (χ0) is 19.7. The third-order valence-corrected chi connectivity index (χ3v) is 5.46. The third kappa shape index (κ3) is 3.94. The van der Waals surface area contributed by atoms with E-state index in [-0.39, 0.29) is 5.75 Å². The van der Waals surface area contributed by atoms with E-state index in [1.165, 1.54) is 5.56 Å². The molecule has 0 aliphatic heterocycles. The Bertz CT molecular complexity index is 1180. The molecular formula is C23H21NO3S. The fourth-order valence-electron chi connectivity index (χ4n) is 3.69. The number of benzene rings is 3. The van der Waals surface area contributed by atoms with Gasteiger partial charge in [-0.05, 0) is 76.6 Å². The number of rotatable bonds is 3. The Morgan fingerprint density at radius 2 is 1.64 bits per heavy atom. The van der Waals surface area contributed by atoms with Gasteiger partial charge in [-0.1, -0.05) is 42.5 Å². The molecule has 0 radical (unpaired) electrons. The summed E-state index contributed by atoms with van der Waals surface area (Å²) < 4.78 is 25.6.